The summed E-state index contributed by atoms with van der Waals surface area (Å²) in [7, 11) is -3.42. The average Bonchev–Trinajstić information content (AvgIpc) is 2.74. The number of benzene rings is 2. The van der Waals surface area contributed by atoms with Crippen LogP contribution in [0.25, 0.3) is 0 Å². The van der Waals surface area contributed by atoms with Gasteiger partial charge in [-0.3, -0.25) is 9.69 Å². The van der Waals surface area contributed by atoms with Crippen molar-refractivity contribution in [1.29, 1.82) is 0 Å². The number of rotatable bonds is 8. The van der Waals surface area contributed by atoms with Crippen LogP contribution in [0.4, 0.5) is 5.69 Å². The molecule has 1 N–H and O–H groups in total. The Kier molecular flexibility index (Phi) is 7.52. The molecule has 1 saturated heterocycles. The van der Waals surface area contributed by atoms with Crippen molar-refractivity contribution < 1.29 is 13.2 Å². The van der Waals surface area contributed by atoms with Crippen LogP contribution in [0.3, 0.4) is 0 Å². The molecule has 0 aliphatic carbocycles. The van der Waals surface area contributed by atoms with E-state index in [2.05, 4.69) is 15.1 Å². The molecule has 156 valence electrons. The molecule has 0 unspecified atom stereocenters. The summed E-state index contributed by atoms with van der Waals surface area (Å²) in [5.41, 5.74) is 1.17. The summed E-state index contributed by atoms with van der Waals surface area (Å²) in [4.78, 5) is 16.9. The van der Waals surface area contributed by atoms with Gasteiger partial charge in [0.25, 0.3) is 0 Å². The molecule has 1 heterocycles. The van der Waals surface area contributed by atoms with Gasteiger partial charge in [-0.2, -0.15) is 0 Å². The number of halogens is 1. The summed E-state index contributed by atoms with van der Waals surface area (Å²) in [6.45, 7) is 4.95. The van der Waals surface area contributed by atoms with Gasteiger partial charge in [-0.1, -0.05) is 29.8 Å². The van der Waals surface area contributed by atoms with Crippen LogP contribution in [-0.4, -0.2) is 64.2 Å². The van der Waals surface area contributed by atoms with E-state index < -0.39 is 9.84 Å². The fourth-order valence-corrected chi connectivity index (χ4v) is 4.68. The van der Waals surface area contributed by atoms with E-state index in [1.54, 1.807) is 30.3 Å². The SMILES string of the molecule is O=C(CCS(=O)(=O)c1ccccc1)NCCN1CCN(c2ccc(Cl)cc2)CC1. The van der Waals surface area contributed by atoms with Gasteiger partial charge >= 0.3 is 0 Å². The van der Waals surface area contributed by atoms with Crippen molar-refractivity contribution in [3.8, 4) is 0 Å². The molecule has 6 nitrogen and oxygen atoms in total. The first-order valence-electron chi connectivity index (χ1n) is 9.71. The highest BCUT2D eigenvalue weighted by Crippen LogP contribution is 2.19. The molecule has 29 heavy (non-hydrogen) atoms. The van der Waals surface area contributed by atoms with Crippen LogP contribution in [0.2, 0.25) is 5.02 Å². The molecule has 0 saturated carbocycles. The minimum atomic E-state index is -3.42. The molecule has 0 radical (unpaired) electrons. The van der Waals surface area contributed by atoms with Crippen LogP contribution < -0.4 is 10.2 Å². The molecule has 0 spiro atoms. The maximum Gasteiger partial charge on any atom is 0.221 e. The number of sulfone groups is 1. The van der Waals surface area contributed by atoms with E-state index in [1.807, 2.05) is 24.3 Å². The van der Waals surface area contributed by atoms with Gasteiger partial charge in [-0.05, 0) is 36.4 Å². The second-order valence-electron chi connectivity index (χ2n) is 7.04. The zero-order valence-electron chi connectivity index (χ0n) is 16.3. The fraction of sp³-hybridized carbons (Fsp3) is 0.381. The molecule has 1 aliphatic rings. The van der Waals surface area contributed by atoms with Gasteiger partial charge < -0.3 is 10.2 Å². The summed E-state index contributed by atoms with van der Waals surface area (Å²) < 4.78 is 24.4. The second kappa shape index (κ2) is 10.1. The number of carbonyl (C=O) groups excluding carboxylic acids is 1. The van der Waals surface area contributed by atoms with Crippen LogP contribution in [-0.2, 0) is 14.6 Å². The maximum absolute atomic E-state index is 12.2. The minimum Gasteiger partial charge on any atom is -0.369 e. The summed E-state index contributed by atoms with van der Waals surface area (Å²) in [5, 5.41) is 3.57. The summed E-state index contributed by atoms with van der Waals surface area (Å²) in [6, 6.07) is 16.1. The Morgan fingerprint density at radius 1 is 0.966 bits per heavy atom. The van der Waals surface area contributed by atoms with Gasteiger partial charge in [0.2, 0.25) is 5.91 Å². The van der Waals surface area contributed by atoms with E-state index >= 15 is 0 Å². The van der Waals surface area contributed by atoms with E-state index in [0.717, 1.165) is 37.7 Å². The number of piperazine rings is 1. The number of nitrogens with zero attached hydrogens (tertiary/aromatic N) is 2. The Hall–Kier alpha value is -2.09. The number of anilines is 1. The molecule has 0 bridgehead atoms. The number of nitrogens with one attached hydrogen (secondary N) is 1. The predicted molar refractivity (Wildman–Crippen MR) is 116 cm³/mol. The van der Waals surface area contributed by atoms with Crippen molar-refractivity contribution in [2.45, 2.75) is 11.3 Å². The minimum absolute atomic E-state index is 0.0262. The fourth-order valence-electron chi connectivity index (χ4n) is 3.30. The number of hydrogen-bond donors (Lipinski definition) is 1. The Morgan fingerprint density at radius 3 is 2.28 bits per heavy atom. The van der Waals surface area contributed by atoms with Crippen molar-refractivity contribution in [1.82, 2.24) is 10.2 Å². The lowest BCUT2D eigenvalue weighted by Crippen LogP contribution is -2.48. The van der Waals surface area contributed by atoms with Gasteiger partial charge in [0.1, 0.15) is 0 Å². The van der Waals surface area contributed by atoms with E-state index in [1.165, 1.54) is 5.69 Å². The van der Waals surface area contributed by atoms with Gasteiger partial charge in [0, 0.05) is 56.4 Å². The van der Waals surface area contributed by atoms with E-state index in [-0.39, 0.29) is 23.0 Å². The zero-order chi connectivity index (χ0) is 20.7. The largest absolute Gasteiger partial charge is 0.369 e. The normalized spacial score (nSPS) is 15.3. The van der Waals surface area contributed by atoms with E-state index in [9.17, 15) is 13.2 Å². The number of amides is 1. The van der Waals surface area contributed by atoms with Gasteiger partial charge in [0.05, 0.1) is 10.6 Å². The number of hydrogen-bond acceptors (Lipinski definition) is 5. The zero-order valence-corrected chi connectivity index (χ0v) is 17.8. The topological polar surface area (TPSA) is 69.7 Å². The summed E-state index contributed by atoms with van der Waals surface area (Å²) >= 11 is 5.94. The van der Waals surface area contributed by atoms with Crippen LogP contribution in [0.5, 0.6) is 0 Å². The molecule has 2 aromatic carbocycles. The molecule has 2 aromatic rings. The molecule has 0 atom stereocenters. The molecule has 1 fully saturated rings. The van der Waals surface area contributed by atoms with Crippen molar-refractivity contribution in [3.63, 3.8) is 0 Å². The third-order valence-corrected chi connectivity index (χ3v) is 7.00. The summed E-state index contributed by atoms with van der Waals surface area (Å²) in [5.74, 6) is -0.410. The van der Waals surface area contributed by atoms with E-state index in [4.69, 9.17) is 11.6 Å². The Bertz CT molecular complexity index is 897. The Balaban J connectivity index is 1.34. The highest BCUT2D eigenvalue weighted by atomic mass is 35.5. The maximum atomic E-state index is 12.2. The van der Waals surface area contributed by atoms with Crippen LogP contribution in [0.15, 0.2) is 59.5 Å². The lowest BCUT2D eigenvalue weighted by molar-refractivity contribution is -0.120. The van der Waals surface area contributed by atoms with E-state index in [0.29, 0.717) is 6.54 Å². The Morgan fingerprint density at radius 2 is 1.62 bits per heavy atom. The van der Waals surface area contributed by atoms with Gasteiger partial charge in [0.15, 0.2) is 9.84 Å². The van der Waals surface area contributed by atoms with Crippen LogP contribution in [0, 0.1) is 0 Å². The average molecular weight is 436 g/mol. The lowest BCUT2D eigenvalue weighted by atomic mass is 10.2. The molecule has 1 amide bonds. The molecular formula is C21H26ClN3O3S. The molecule has 1 aliphatic heterocycles. The van der Waals surface area contributed by atoms with Crippen LogP contribution in [0.1, 0.15) is 6.42 Å². The van der Waals surface area contributed by atoms with Crippen molar-refractivity contribution >= 4 is 33.0 Å². The molecular weight excluding hydrogens is 410 g/mol. The molecule has 0 aromatic heterocycles. The third-order valence-electron chi connectivity index (χ3n) is 5.01. The Labute approximate surface area is 177 Å². The van der Waals surface area contributed by atoms with Crippen molar-refractivity contribution in [3.05, 3.63) is 59.6 Å². The second-order valence-corrected chi connectivity index (χ2v) is 9.58. The third kappa shape index (κ3) is 6.45. The van der Waals surface area contributed by atoms with Crippen molar-refractivity contribution in [2.75, 3.05) is 49.9 Å². The number of carbonyl (C=O) groups is 1. The van der Waals surface area contributed by atoms with Gasteiger partial charge in [-0.15, -0.1) is 0 Å². The van der Waals surface area contributed by atoms with Crippen LogP contribution >= 0.6 is 11.6 Å². The highest BCUT2D eigenvalue weighted by molar-refractivity contribution is 7.91. The quantitative estimate of drug-likeness (QED) is 0.689. The van der Waals surface area contributed by atoms with Gasteiger partial charge in [-0.25, -0.2) is 8.42 Å². The smallest absolute Gasteiger partial charge is 0.221 e. The first-order chi connectivity index (χ1) is 13.9. The predicted octanol–water partition coefficient (Wildman–Crippen LogP) is 2.44. The molecule has 8 heteroatoms. The standard InChI is InChI=1S/C21H26ClN3O3S/c22-18-6-8-19(9-7-18)25-15-13-24(14-16-25)12-11-23-21(26)10-17-29(27,28)20-4-2-1-3-5-20/h1-9H,10-17H2,(H,23,26). The lowest BCUT2D eigenvalue weighted by Gasteiger charge is -2.36. The highest BCUT2D eigenvalue weighted by Gasteiger charge is 2.18. The van der Waals surface area contributed by atoms with Crippen molar-refractivity contribution in [2.24, 2.45) is 0 Å². The first-order valence-corrected chi connectivity index (χ1v) is 11.7. The first kappa shape index (κ1) is 21.6. The monoisotopic (exact) mass is 435 g/mol. The molecule has 3 rings (SSSR count). The summed E-state index contributed by atoms with van der Waals surface area (Å²) in [6.07, 6.45) is -0.0262.